The highest BCUT2D eigenvalue weighted by Crippen LogP contribution is 2.16. The molecule has 0 fully saturated rings. The van der Waals surface area contributed by atoms with E-state index in [0.717, 1.165) is 0 Å². The first-order valence-corrected chi connectivity index (χ1v) is 4.86. The number of carbonyl (C=O) groups excluding carboxylic acids is 1. The minimum Gasteiger partial charge on any atom is -0.293 e. The average Bonchev–Trinajstić information content (AvgIpc) is 2.16. The van der Waals surface area contributed by atoms with Crippen LogP contribution >= 0.6 is 15.9 Å². The Bertz CT molecular complexity index is 376. The molecule has 1 rings (SSSR count). The molecule has 0 aliphatic rings. The van der Waals surface area contributed by atoms with E-state index in [4.69, 9.17) is 0 Å². The lowest BCUT2D eigenvalue weighted by molar-refractivity contribution is -0.384. The summed E-state index contributed by atoms with van der Waals surface area (Å²) >= 11 is 3.12. The van der Waals surface area contributed by atoms with E-state index in [9.17, 15) is 14.9 Å². The first-order chi connectivity index (χ1) is 6.52. The van der Waals surface area contributed by atoms with Gasteiger partial charge in [0.1, 0.15) is 0 Å². The Morgan fingerprint density at radius 3 is 2.71 bits per heavy atom. The van der Waals surface area contributed by atoms with E-state index in [1.165, 1.54) is 18.2 Å². The summed E-state index contributed by atoms with van der Waals surface area (Å²) < 4.78 is 0. The van der Waals surface area contributed by atoms with Crippen LogP contribution in [-0.4, -0.2) is 15.5 Å². The van der Waals surface area contributed by atoms with Gasteiger partial charge in [0.2, 0.25) is 0 Å². The summed E-state index contributed by atoms with van der Waals surface area (Å²) in [5, 5.41) is 10.4. The Kier molecular flexibility index (Phi) is 3.35. The Morgan fingerprint density at radius 2 is 2.21 bits per heavy atom. The maximum Gasteiger partial charge on any atom is 0.270 e. The van der Waals surface area contributed by atoms with Gasteiger partial charge in [-0.1, -0.05) is 28.1 Å². The van der Waals surface area contributed by atoms with Crippen LogP contribution in [0.4, 0.5) is 5.69 Å². The maximum absolute atomic E-state index is 11.4. The lowest BCUT2D eigenvalue weighted by Crippen LogP contribution is -2.09. The topological polar surface area (TPSA) is 60.2 Å². The SMILES string of the molecule is C[C@H](Br)C(=O)c1cccc([N+](=O)[O-])c1. The van der Waals surface area contributed by atoms with E-state index in [-0.39, 0.29) is 16.3 Å². The van der Waals surface area contributed by atoms with Crippen LogP contribution in [0.5, 0.6) is 0 Å². The number of benzene rings is 1. The summed E-state index contributed by atoms with van der Waals surface area (Å²) in [6.07, 6.45) is 0. The van der Waals surface area contributed by atoms with Gasteiger partial charge in [0.05, 0.1) is 9.75 Å². The predicted molar refractivity (Wildman–Crippen MR) is 55.8 cm³/mol. The summed E-state index contributed by atoms with van der Waals surface area (Å²) in [4.78, 5) is 21.0. The zero-order valence-electron chi connectivity index (χ0n) is 7.44. The average molecular weight is 258 g/mol. The first kappa shape index (κ1) is 10.8. The van der Waals surface area contributed by atoms with Crippen LogP contribution in [0.3, 0.4) is 0 Å². The van der Waals surface area contributed by atoms with Crippen LogP contribution < -0.4 is 0 Å². The zero-order chi connectivity index (χ0) is 10.7. The summed E-state index contributed by atoms with van der Waals surface area (Å²) in [6.45, 7) is 1.68. The summed E-state index contributed by atoms with van der Waals surface area (Å²) in [5.41, 5.74) is 0.285. The fraction of sp³-hybridized carbons (Fsp3) is 0.222. The number of hydrogen-bond donors (Lipinski definition) is 0. The molecule has 1 aromatic rings. The molecule has 0 radical (unpaired) electrons. The van der Waals surface area contributed by atoms with Crippen LogP contribution in [0.25, 0.3) is 0 Å². The van der Waals surface area contributed by atoms with E-state index in [2.05, 4.69) is 15.9 Å². The molecule has 0 aromatic heterocycles. The molecular weight excluding hydrogens is 250 g/mol. The van der Waals surface area contributed by atoms with E-state index in [1.54, 1.807) is 13.0 Å². The van der Waals surface area contributed by atoms with Crippen molar-refractivity contribution in [2.75, 3.05) is 0 Å². The zero-order valence-corrected chi connectivity index (χ0v) is 9.02. The van der Waals surface area contributed by atoms with Gasteiger partial charge in [-0.15, -0.1) is 0 Å². The van der Waals surface area contributed by atoms with Crippen molar-refractivity contribution < 1.29 is 9.72 Å². The van der Waals surface area contributed by atoms with Crippen LogP contribution in [0.2, 0.25) is 0 Å². The Balaban J connectivity index is 3.06. The molecule has 0 N–H and O–H groups in total. The van der Waals surface area contributed by atoms with Crippen molar-refractivity contribution in [2.24, 2.45) is 0 Å². The molecule has 0 saturated heterocycles. The molecule has 74 valence electrons. The van der Waals surface area contributed by atoms with Gasteiger partial charge in [-0.25, -0.2) is 0 Å². The smallest absolute Gasteiger partial charge is 0.270 e. The quantitative estimate of drug-likeness (QED) is 0.362. The van der Waals surface area contributed by atoms with Gasteiger partial charge in [0.15, 0.2) is 5.78 Å². The molecule has 5 heteroatoms. The van der Waals surface area contributed by atoms with Crippen LogP contribution in [0.15, 0.2) is 24.3 Å². The molecule has 1 aromatic carbocycles. The third kappa shape index (κ3) is 2.38. The number of nitrogens with zero attached hydrogens (tertiary/aromatic N) is 1. The van der Waals surface area contributed by atoms with Gasteiger partial charge in [-0.3, -0.25) is 14.9 Å². The molecule has 0 amide bonds. The maximum atomic E-state index is 11.4. The molecule has 0 aliphatic carbocycles. The van der Waals surface area contributed by atoms with Gasteiger partial charge in [0, 0.05) is 17.7 Å². The van der Waals surface area contributed by atoms with Crippen molar-refractivity contribution in [3.63, 3.8) is 0 Å². The number of alkyl halides is 1. The lowest BCUT2D eigenvalue weighted by atomic mass is 10.1. The fourth-order valence-corrected chi connectivity index (χ4v) is 1.27. The van der Waals surface area contributed by atoms with Crippen molar-refractivity contribution >= 4 is 27.4 Å². The molecule has 0 unspecified atom stereocenters. The molecule has 0 spiro atoms. The van der Waals surface area contributed by atoms with E-state index < -0.39 is 4.92 Å². The number of halogens is 1. The predicted octanol–water partition coefficient (Wildman–Crippen LogP) is 2.56. The Morgan fingerprint density at radius 1 is 1.57 bits per heavy atom. The molecule has 4 nitrogen and oxygen atoms in total. The van der Waals surface area contributed by atoms with Gasteiger partial charge in [0.25, 0.3) is 5.69 Å². The largest absolute Gasteiger partial charge is 0.293 e. The minimum absolute atomic E-state index is 0.0657. The van der Waals surface area contributed by atoms with Crippen molar-refractivity contribution in [3.8, 4) is 0 Å². The van der Waals surface area contributed by atoms with Crippen molar-refractivity contribution in [1.82, 2.24) is 0 Å². The number of hydrogen-bond acceptors (Lipinski definition) is 3. The molecule has 1 atom stereocenters. The summed E-state index contributed by atoms with van der Waals surface area (Å²) in [7, 11) is 0. The second-order valence-corrected chi connectivity index (χ2v) is 4.16. The van der Waals surface area contributed by atoms with Gasteiger partial charge >= 0.3 is 0 Å². The number of non-ortho nitro benzene ring substituents is 1. The number of ketones is 1. The van der Waals surface area contributed by atoms with Crippen molar-refractivity contribution in [1.29, 1.82) is 0 Å². The molecule has 0 aliphatic heterocycles. The van der Waals surface area contributed by atoms with Crippen molar-refractivity contribution in [3.05, 3.63) is 39.9 Å². The highest BCUT2D eigenvalue weighted by atomic mass is 79.9. The molecule has 0 heterocycles. The van der Waals surface area contributed by atoms with Gasteiger partial charge in [-0.05, 0) is 6.92 Å². The Hall–Kier alpha value is -1.23. The monoisotopic (exact) mass is 257 g/mol. The summed E-state index contributed by atoms with van der Waals surface area (Å²) in [5.74, 6) is -0.159. The fourth-order valence-electron chi connectivity index (χ4n) is 1.00. The minimum atomic E-state index is -0.518. The number of nitro groups is 1. The normalized spacial score (nSPS) is 12.1. The standard InChI is InChI=1S/C9H8BrNO3/c1-6(10)9(12)7-3-2-4-8(5-7)11(13)14/h2-6H,1H3/t6-/m0/s1. The van der Waals surface area contributed by atoms with E-state index in [1.807, 2.05) is 0 Å². The van der Waals surface area contributed by atoms with Crippen LogP contribution in [0, 0.1) is 10.1 Å². The second-order valence-electron chi connectivity index (χ2n) is 2.79. The Labute approximate surface area is 89.2 Å². The number of nitro benzene ring substituents is 1. The van der Waals surface area contributed by atoms with Crippen molar-refractivity contribution in [2.45, 2.75) is 11.8 Å². The molecular formula is C9H8BrNO3. The van der Waals surface area contributed by atoms with Crippen LogP contribution in [0.1, 0.15) is 17.3 Å². The lowest BCUT2D eigenvalue weighted by Gasteiger charge is -2.01. The molecule has 0 bridgehead atoms. The van der Waals surface area contributed by atoms with Crippen LogP contribution in [-0.2, 0) is 0 Å². The number of Topliss-reactive ketones (excluding diaryl/α,β-unsaturated/α-hetero) is 1. The molecule has 14 heavy (non-hydrogen) atoms. The number of carbonyl (C=O) groups is 1. The first-order valence-electron chi connectivity index (χ1n) is 3.95. The summed E-state index contributed by atoms with van der Waals surface area (Å²) in [6, 6.07) is 5.70. The third-order valence-electron chi connectivity index (χ3n) is 1.70. The van der Waals surface area contributed by atoms with Gasteiger partial charge < -0.3 is 0 Å². The highest BCUT2D eigenvalue weighted by Gasteiger charge is 2.14. The van der Waals surface area contributed by atoms with E-state index in [0.29, 0.717) is 5.56 Å². The number of rotatable bonds is 3. The van der Waals surface area contributed by atoms with E-state index >= 15 is 0 Å². The highest BCUT2D eigenvalue weighted by molar-refractivity contribution is 9.10. The van der Waals surface area contributed by atoms with Gasteiger partial charge in [-0.2, -0.15) is 0 Å². The second kappa shape index (κ2) is 4.32. The third-order valence-corrected chi connectivity index (χ3v) is 2.12. The molecule has 0 saturated carbocycles.